The SMILES string of the molecule is CC1(C)C(O)CC[C@@]2(C)C1CC[C@]1(C)C2C(=O)C=C2[C@H]3C[C@@](C)(C(=O)O)CC[C@]3(C)CC[C@]21C. The molecule has 0 aromatic heterocycles. The summed E-state index contributed by atoms with van der Waals surface area (Å²) in [4.78, 5) is 26.4. The minimum Gasteiger partial charge on any atom is -0.481 e. The predicted octanol–water partition coefficient (Wildman–Crippen LogP) is 6.41. The van der Waals surface area contributed by atoms with Crippen LogP contribution in [0.5, 0.6) is 0 Å². The van der Waals surface area contributed by atoms with Crippen LogP contribution in [0.4, 0.5) is 0 Å². The number of carbonyl (C=O) groups is 2. The molecule has 0 radical (unpaired) electrons. The maximum absolute atomic E-state index is 14.2. The normalized spacial score (nSPS) is 54.1. The summed E-state index contributed by atoms with van der Waals surface area (Å²) in [6, 6.07) is 0. The number of carboxylic acid groups (broad SMARTS) is 1. The van der Waals surface area contributed by atoms with Gasteiger partial charge in [0.15, 0.2) is 5.78 Å². The molecule has 190 valence electrons. The molecule has 5 rings (SSSR count). The van der Waals surface area contributed by atoms with Crippen molar-refractivity contribution in [2.75, 3.05) is 0 Å². The molecule has 0 aliphatic heterocycles. The van der Waals surface area contributed by atoms with Gasteiger partial charge in [-0.1, -0.05) is 47.1 Å². The van der Waals surface area contributed by atoms with Crippen LogP contribution in [-0.4, -0.2) is 28.1 Å². The quantitative estimate of drug-likeness (QED) is 0.464. The molecule has 9 atom stereocenters. The molecular weight excluding hydrogens is 424 g/mol. The molecule has 0 aromatic carbocycles. The van der Waals surface area contributed by atoms with Crippen molar-refractivity contribution in [2.24, 2.45) is 50.2 Å². The lowest BCUT2D eigenvalue weighted by Crippen LogP contribution is -2.66. The van der Waals surface area contributed by atoms with E-state index in [-0.39, 0.29) is 50.8 Å². The first kappa shape index (κ1) is 24.5. The second-order valence-electron chi connectivity index (χ2n) is 14.9. The zero-order valence-electron chi connectivity index (χ0n) is 22.5. The molecule has 0 spiro atoms. The Kier molecular flexibility index (Phi) is 5.04. The molecular formula is C30H46O4. The highest BCUT2D eigenvalue weighted by Crippen LogP contribution is 2.75. The second-order valence-corrected chi connectivity index (χ2v) is 14.9. The number of carboxylic acids is 1. The minimum atomic E-state index is -0.711. The highest BCUT2D eigenvalue weighted by atomic mass is 16.4. The van der Waals surface area contributed by atoms with Crippen LogP contribution < -0.4 is 0 Å². The Morgan fingerprint density at radius 1 is 0.912 bits per heavy atom. The van der Waals surface area contributed by atoms with E-state index in [9.17, 15) is 19.8 Å². The Balaban J connectivity index is 1.62. The van der Waals surface area contributed by atoms with E-state index in [1.165, 1.54) is 5.57 Å². The molecule has 0 amide bonds. The van der Waals surface area contributed by atoms with Crippen LogP contribution in [0.3, 0.4) is 0 Å². The van der Waals surface area contributed by atoms with Crippen molar-refractivity contribution in [1.29, 1.82) is 0 Å². The summed E-state index contributed by atoms with van der Waals surface area (Å²) < 4.78 is 0. The molecule has 0 bridgehead atoms. The van der Waals surface area contributed by atoms with Gasteiger partial charge in [-0.15, -0.1) is 0 Å². The van der Waals surface area contributed by atoms with Crippen LogP contribution in [0.15, 0.2) is 11.6 Å². The molecule has 2 N–H and O–H groups in total. The van der Waals surface area contributed by atoms with Gasteiger partial charge in [0.25, 0.3) is 0 Å². The minimum absolute atomic E-state index is 0.0296. The molecule has 0 heterocycles. The highest BCUT2D eigenvalue weighted by molar-refractivity contribution is 5.95. The number of allylic oxidation sites excluding steroid dienone is 2. The fourth-order valence-corrected chi connectivity index (χ4v) is 10.4. The van der Waals surface area contributed by atoms with Crippen molar-refractivity contribution in [3.05, 3.63) is 11.6 Å². The number of aliphatic hydroxyl groups excluding tert-OH is 1. The maximum atomic E-state index is 14.2. The van der Waals surface area contributed by atoms with E-state index in [2.05, 4.69) is 41.5 Å². The molecule has 4 fully saturated rings. The smallest absolute Gasteiger partial charge is 0.309 e. The third-order valence-corrected chi connectivity index (χ3v) is 13.1. The summed E-state index contributed by atoms with van der Waals surface area (Å²) in [5.41, 5.74) is 0.142. The first-order chi connectivity index (χ1) is 15.6. The maximum Gasteiger partial charge on any atom is 0.309 e. The van der Waals surface area contributed by atoms with Gasteiger partial charge in [-0.2, -0.15) is 0 Å². The molecule has 4 heteroatoms. The Morgan fingerprint density at radius 2 is 1.56 bits per heavy atom. The van der Waals surface area contributed by atoms with E-state index in [0.29, 0.717) is 12.3 Å². The number of rotatable bonds is 1. The van der Waals surface area contributed by atoms with Crippen LogP contribution in [0, 0.1) is 50.2 Å². The topological polar surface area (TPSA) is 74.6 Å². The summed E-state index contributed by atoms with van der Waals surface area (Å²) in [6.45, 7) is 15.8. The van der Waals surface area contributed by atoms with Gasteiger partial charge in [0, 0.05) is 5.92 Å². The van der Waals surface area contributed by atoms with Gasteiger partial charge in [-0.05, 0) is 110 Å². The van der Waals surface area contributed by atoms with E-state index in [1.807, 2.05) is 13.0 Å². The van der Waals surface area contributed by atoms with E-state index in [4.69, 9.17) is 0 Å². The molecule has 0 aromatic rings. The standard InChI is InChI=1S/C30H46O4/c1-25(2)21-8-11-30(7)23(28(21,5)10-9-22(25)32)20(31)16-18-19-17-27(4,24(33)34)13-12-26(19,3)14-15-29(18,30)6/h16,19,21-23,32H,8-15,17H2,1-7H3,(H,33,34)/t19-,21?,22?,23?,26-,27+,28+,29-,30-/m1/s1. The lowest BCUT2D eigenvalue weighted by molar-refractivity contribution is -0.202. The van der Waals surface area contributed by atoms with Crippen LogP contribution in [-0.2, 0) is 9.59 Å². The Bertz CT molecular complexity index is 965. The van der Waals surface area contributed by atoms with Crippen molar-refractivity contribution in [3.8, 4) is 0 Å². The summed E-state index contributed by atoms with van der Waals surface area (Å²) in [6.07, 6.45) is 9.95. The number of hydrogen-bond donors (Lipinski definition) is 2. The van der Waals surface area contributed by atoms with Crippen LogP contribution in [0.2, 0.25) is 0 Å². The lowest BCUT2D eigenvalue weighted by atomic mass is 9.33. The number of ketones is 1. The summed E-state index contributed by atoms with van der Waals surface area (Å²) >= 11 is 0. The third-order valence-electron chi connectivity index (χ3n) is 13.1. The monoisotopic (exact) mass is 470 g/mol. The number of aliphatic carboxylic acids is 1. The molecule has 4 nitrogen and oxygen atoms in total. The van der Waals surface area contributed by atoms with Crippen LogP contribution in [0.25, 0.3) is 0 Å². The summed E-state index contributed by atoms with van der Waals surface area (Å²) in [5.74, 6) is 0.0603. The van der Waals surface area contributed by atoms with Gasteiger partial charge in [0.05, 0.1) is 11.5 Å². The van der Waals surface area contributed by atoms with Crippen molar-refractivity contribution in [1.82, 2.24) is 0 Å². The van der Waals surface area contributed by atoms with Crippen molar-refractivity contribution < 1.29 is 19.8 Å². The molecule has 0 saturated heterocycles. The molecule has 5 aliphatic carbocycles. The van der Waals surface area contributed by atoms with Gasteiger partial charge in [-0.3, -0.25) is 9.59 Å². The van der Waals surface area contributed by atoms with Crippen molar-refractivity contribution >= 4 is 11.8 Å². The van der Waals surface area contributed by atoms with Gasteiger partial charge in [-0.25, -0.2) is 0 Å². The Morgan fingerprint density at radius 3 is 2.21 bits per heavy atom. The van der Waals surface area contributed by atoms with Crippen molar-refractivity contribution in [2.45, 2.75) is 112 Å². The number of carbonyl (C=O) groups excluding carboxylic acids is 1. The second kappa shape index (κ2) is 6.99. The Labute approximate surface area is 206 Å². The van der Waals surface area contributed by atoms with Gasteiger partial charge in [0.1, 0.15) is 0 Å². The van der Waals surface area contributed by atoms with Crippen LogP contribution >= 0.6 is 0 Å². The molecule has 5 aliphatic rings. The van der Waals surface area contributed by atoms with Gasteiger partial charge in [0.2, 0.25) is 0 Å². The number of hydrogen-bond acceptors (Lipinski definition) is 3. The summed E-state index contributed by atoms with van der Waals surface area (Å²) in [5, 5.41) is 20.9. The average molecular weight is 471 g/mol. The van der Waals surface area contributed by atoms with E-state index in [1.54, 1.807) is 0 Å². The highest BCUT2D eigenvalue weighted by Gasteiger charge is 2.70. The average Bonchev–Trinajstić information content (AvgIpc) is 2.73. The summed E-state index contributed by atoms with van der Waals surface area (Å²) in [7, 11) is 0. The Hall–Kier alpha value is -1.16. The van der Waals surface area contributed by atoms with E-state index >= 15 is 0 Å². The fraction of sp³-hybridized carbons (Fsp3) is 0.867. The third kappa shape index (κ3) is 2.81. The first-order valence-corrected chi connectivity index (χ1v) is 13.7. The van der Waals surface area contributed by atoms with Gasteiger partial charge < -0.3 is 10.2 Å². The number of fused-ring (bicyclic) bond motifs is 7. The fourth-order valence-electron chi connectivity index (χ4n) is 10.4. The van der Waals surface area contributed by atoms with E-state index < -0.39 is 11.4 Å². The molecule has 4 saturated carbocycles. The molecule has 34 heavy (non-hydrogen) atoms. The van der Waals surface area contributed by atoms with Crippen LogP contribution in [0.1, 0.15) is 106 Å². The predicted molar refractivity (Wildman–Crippen MR) is 133 cm³/mol. The van der Waals surface area contributed by atoms with Gasteiger partial charge >= 0.3 is 5.97 Å². The largest absolute Gasteiger partial charge is 0.481 e. The zero-order chi connectivity index (χ0) is 25.1. The first-order valence-electron chi connectivity index (χ1n) is 13.7. The zero-order valence-corrected chi connectivity index (χ0v) is 22.5. The van der Waals surface area contributed by atoms with E-state index in [0.717, 1.165) is 51.4 Å². The molecule has 3 unspecified atom stereocenters. The van der Waals surface area contributed by atoms with Crippen molar-refractivity contribution in [3.63, 3.8) is 0 Å². The number of aliphatic hydroxyl groups is 1. The lowest BCUT2D eigenvalue weighted by Gasteiger charge is -2.70.